The molecule has 0 saturated carbocycles. The van der Waals surface area contributed by atoms with Crippen molar-refractivity contribution in [3.05, 3.63) is 65.2 Å². The molecule has 3 aliphatic heterocycles. The van der Waals surface area contributed by atoms with Crippen LogP contribution in [0.2, 0.25) is 0 Å². The van der Waals surface area contributed by atoms with Gasteiger partial charge < -0.3 is 28.6 Å². The van der Waals surface area contributed by atoms with Gasteiger partial charge in [0.2, 0.25) is 11.9 Å². The fourth-order valence-corrected chi connectivity index (χ4v) is 9.41. The maximum absolute atomic E-state index is 16.6. The van der Waals surface area contributed by atoms with Crippen molar-refractivity contribution < 1.29 is 55.4 Å². The Morgan fingerprint density at radius 1 is 0.949 bits per heavy atom. The molecule has 1 aromatic carbocycles. The molecule has 59 heavy (non-hydrogen) atoms. The highest BCUT2D eigenvalue weighted by atomic mass is 32.7. The van der Waals surface area contributed by atoms with Crippen LogP contribution in [0.15, 0.2) is 54.1 Å². The number of alkyl halides is 1. The Morgan fingerprint density at radius 3 is 2.37 bits per heavy atom. The number of nitrogens with zero attached hydrogens (tertiary/aromatic N) is 7. The smallest absolute Gasteiger partial charge is 0.376 e. The van der Waals surface area contributed by atoms with E-state index in [1.54, 1.807) is 44.2 Å². The minimum Gasteiger partial charge on any atom is -0.376 e. The van der Waals surface area contributed by atoms with Gasteiger partial charge in [-0.05, 0) is 12.1 Å². The summed E-state index contributed by atoms with van der Waals surface area (Å²) in [5.41, 5.74) is -0.284. The Labute approximate surface area is 338 Å². The summed E-state index contributed by atoms with van der Waals surface area (Å²) in [5.74, 6) is -1.43. The third-order valence-electron chi connectivity index (χ3n) is 9.64. The van der Waals surface area contributed by atoms with Gasteiger partial charge in [0.15, 0.2) is 46.8 Å². The van der Waals surface area contributed by atoms with Crippen LogP contribution in [0.1, 0.15) is 36.7 Å². The summed E-state index contributed by atoms with van der Waals surface area (Å²) in [7, 11) is -1.68. The highest BCUT2D eigenvalue weighted by Crippen LogP contribution is 2.58. The molecule has 0 aliphatic carbocycles. The maximum Gasteiger partial charge on any atom is 0.386 e. The first kappa shape index (κ1) is 41.3. The molecule has 5 aromatic rings. The Morgan fingerprint density at radius 2 is 1.64 bits per heavy atom. The second-order valence-corrected chi connectivity index (χ2v) is 18.9. The number of aromatic nitrogens is 8. The quantitative estimate of drug-likeness (QED) is 0.104. The monoisotopic (exact) mass is 876 g/mol. The van der Waals surface area contributed by atoms with E-state index in [4.69, 9.17) is 32.3 Å². The van der Waals surface area contributed by atoms with Crippen molar-refractivity contribution in [2.24, 2.45) is 5.92 Å². The number of methoxy groups -OCH3 is 1. The van der Waals surface area contributed by atoms with Gasteiger partial charge in [-0.1, -0.05) is 44.3 Å². The molecule has 0 radical (unpaired) electrons. The normalized spacial score (nSPS) is 31.4. The largest absolute Gasteiger partial charge is 0.386 e. The molecule has 2 amide bonds. The number of H-pyrrole nitrogens is 1. The molecule has 3 aliphatic rings. The second-order valence-electron chi connectivity index (χ2n) is 14.0. The molecule has 3 fully saturated rings. The number of carbonyl (C=O) groups is 2. The first-order chi connectivity index (χ1) is 28.1. The summed E-state index contributed by atoms with van der Waals surface area (Å²) in [6, 6.07) is 8.39. The predicted octanol–water partition coefficient (Wildman–Crippen LogP) is 2.55. The third-order valence-corrected chi connectivity index (χ3v) is 12.5. The van der Waals surface area contributed by atoms with Crippen molar-refractivity contribution in [2.45, 2.75) is 63.0 Å². The number of hydrogen-bond donors (Lipinski definition) is 4. The minimum absolute atomic E-state index is 0.0378. The minimum atomic E-state index is -4.46. The number of imidazole rings is 2. The van der Waals surface area contributed by atoms with Crippen LogP contribution < -0.4 is 16.2 Å². The van der Waals surface area contributed by atoms with E-state index in [1.165, 1.54) is 36.5 Å². The SMILES string of the molecule is B[P@]1(=O)OCC2OC(n3cnc4c(NC(=O)c5ccccc5)ncnc43)C(F)C2O[P@@](=O)(S)OCC2OC(n3cnc4c(=O)[nH]c(NC(=O)C(C)C)nc43)C(O1)C2OC. The number of ether oxygens (including phenoxy) is 3. The van der Waals surface area contributed by atoms with Gasteiger partial charge in [-0.3, -0.25) is 47.4 Å². The van der Waals surface area contributed by atoms with E-state index in [1.807, 2.05) is 0 Å². The zero-order chi connectivity index (χ0) is 41.8. The van der Waals surface area contributed by atoms with Gasteiger partial charge in [-0.15, -0.1) is 0 Å². The van der Waals surface area contributed by atoms with E-state index in [0.29, 0.717) is 5.56 Å². The van der Waals surface area contributed by atoms with Gasteiger partial charge in [0, 0.05) is 18.6 Å². The fraction of sp³-hybridized carbons (Fsp3) is 0.438. The van der Waals surface area contributed by atoms with E-state index in [0.717, 1.165) is 6.33 Å². The Balaban J connectivity index is 1.07. The van der Waals surface area contributed by atoms with E-state index in [-0.39, 0.29) is 34.1 Å². The van der Waals surface area contributed by atoms with Gasteiger partial charge in [0.25, 0.3) is 26.5 Å². The van der Waals surface area contributed by atoms with Crippen molar-refractivity contribution >= 4 is 80.0 Å². The van der Waals surface area contributed by atoms with Gasteiger partial charge in [-0.2, -0.15) is 4.98 Å². The maximum atomic E-state index is 16.6. The summed E-state index contributed by atoms with van der Waals surface area (Å²) in [6.45, 7) is -2.29. The summed E-state index contributed by atoms with van der Waals surface area (Å²) in [5, 5.41) is 5.21. The van der Waals surface area contributed by atoms with Crippen LogP contribution >= 0.6 is 26.5 Å². The number of nitrogens with one attached hydrogen (secondary N) is 3. The standard InChI is InChI=1S/C32H36BFN10O12P2S/c1-14(2)27(45)41-32-40-26-20(29(47)42-32)38-13-44(26)31-23-22(50-3)17(54-31)10-52-58(49,59)56-21-16(9-51-57(33,48)55-23)53-30(18(21)34)43-12-37-19-24(35-11-36-25(19)43)39-28(46)15-7-5-4-6-8-15/h4-8,11-14,16-18,21-23,30-31H,9-10,33H2,1-3H3,(H,49,59)(H,35,36,39,46)(H2,40,41,42,45,47)/t16?,17?,18?,21?,22?,23?,30?,31?,57-,58-/m0/s1. The summed E-state index contributed by atoms with van der Waals surface area (Å²) >= 11 is 4.14. The Bertz CT molecular complexity index is 2570. The number of thiol groups is 1. The number of carbonyl (C=O) groups excluding carboxylic acids is 2. The molecule has 3 N–H and O–H groups in total. The van der Waals surface area contributed by atoms with Crippen molar-refractivity contribution in [2.75, 3.05) is 31.0 Å². The van der Waals surface area contributed by atoms with Crippen LogP contribution in [0.5, 0.6) is 0 Å². The molecule has 2 bridgehead atoms. The number of benzene rings is 1. The molecule has 27 heteroatoms. The molecule has 4 aromatic heterocycles. The molecule has 7 heterocycles. The summed E-state index contributed by atoms with van der Waals surface area (Å²) in [4.78, 5) is 61.9. The van der Waals surface area contributed by atoms with Gasteiger partial charge >= 0.3 is 6.80 Å². The van der Waals surface area contributed by atoms with Crippen molar-refractivity contribution in [3.8, 4) is 0 Å². The first-order valence-corrected chi connectivity index (χ1v) is 22.7. The van der Waals surface area contributed by atoms with Gasteiger partial charge in [0.1, 0.15) is 36.8 Å². The zero-order valence-corrected chi connectivity index (χ0v) is 34.2. The lowest BCUT2D eigenvalue weighted by Gasteiger charge is -2.28. The second kappa shape index (κ2) is 16.2. The number of anilines is 2. The van der Waals surface area contributed by atoms with Crippen molar-refractivity contribution in [1.29, 1.82) is 0 Å². The lowest BCUT2D eigenvalue weighted by molar-refractivity contribution is -0.118. The number of hydrogen-bond acceptors (Lipinski definition) is 17. The van der Waals surface area contributed by atoms with Gasteiger partial charge in [-0.25, -0.2) is 28.9 Å². The average molecular weight is 877 g/mol. The fourth-order valence-electron chi connectivity index (χ4n) is 6.79. The number of fused-ring (bicyclic) bond motifs is 5. The Hall–Kier alpha value is -4.42. The molecule has 22 nitrogen and oxygen atoms in total. The Kier molecular flexibility index (Phi) is 11.4. The van der Waals surface area contributed by atoms with E-state index in [2.05, 4.69) is 52.8 Å². The number of rotatable bonds is 7. The van der Waals surface area contributed by atoms with Crippen LogP contribution in [0, 0.1) is 5.92 Å². The topological polar surface area (TPSA) is 264 Å². The molecule has 8 rings (SSSR count). The van der Waals surface area contributed by atoms with Crippen LogP contribution in [0.4, 0.5) is 16.2 Å². The van der Waals surface area contributed by atoms with E-state index in [9.17, 15) is 23.5 Å². The molecule has 8 unspecified atom stereocenters. The average Bonchev–Trinajstić information content (AvgIpc) is 3.97. The van der Waals surface area contributed by atoms with Crippen LogP contribution in [-0.2, 0) is 46.2 Å². The van der Waals surface area contributed by atoms with Crippen LogP contribution in [0.25, 0.3) is 22.3 Å². The van der Waals surface area contributed by atoms with E-state index >= 15 is 4.39 Å². The molecule has 0 spiro atoms. The van der Waals surface area contributed by atoms with Gasteiger partial charge in [0.05, 0.1) is 25.9 Å². The highest BCUT2D eigenvalue weighted by Gasteiger charge is 2.54. The molecule has 10 atom stereocenters. The lowest BCUT2D eigenvalue weighted by atomic mass is 10.1. The molecular formula is C32H36BFN10O12P2S. The van der Waals surface area contributed by atoms with Crippen LogP contribution in [0.3, 0.4) is 0 Å². The van der Waals surface area contributed by atoms with Crippen molar-refractivity contribution in [1.82, 2.24) is 39.0 Å². The van der Waals surface area contributed by atoms with Crippen LogP contribution in [-0.4, -0.2) is 115 Å². The first-order valence-electron chi connectivity index (χ1n) is 18.0. The molecule has 3 saturated heterocycles. The van der Waals surface area contributed by atoms with Crippen molar-refractivity contribution in [3.63, 3.8) is 0 Å². The zero-order valence-electron chi connectivity index (χ0n) is 31.5. The third kappa shape index (κ3) is 8.24. The number of amides is 2. The van der Waals surface area contributed by atoms with E-state index < -0.39 is 99.9 Å². The summed E-state index contributed by atoms with van der Waals surface area (Å²) in [6.07, 6.45) is -7.82. The molecular weight excluding hydrogens is 840 g/mol. The molecule has 312 valence electrons. The number of halogens is 1. The lowest BCUT2D eigenvalue weighted by Crippen LogP contribution is -2.37. The highest BCUT2D eigenvalue weighted by molar-refractivity contribution is 8.44. The summed E-state index contributed by atoms with van der Waals surface area (Å²) < 4.78 is 88.3. The number of aromatic amines is 1. The predicted molar refractivity (Wildman–Crippen MR) is 209 cm³/mol.